The van der Waals surface area contributed by atoms with E-state index in [2.05, 4.69) is 5.32 Å². The van der Waals surface area contributed by atoms with Crippen LogP contribution < -0.4 is 5.32 Å². The van der Waals surface area contributed by atoms with E-state index in [4.69, 9.17) is 4.74 Å². The lowest BCUT2D eigenvalue weighted by molar-refractivity contribution is -0.0328. The highest BCUT2D eigenvalue weighted by Gasteiger charge is 2.28. The summed E-state index contributed by atoms with van der Waals surface area (Å²) in [5.41, 5.74) is -3.24. The summed E-state index contributed by atoms with van der Waals surface area (Å²) in [7, 11) is 0. The second-order valence-electron chi connectivity index (χ2n) is 5.24. The smallest absolute Gasteiger partial charge is 0.381 e. The highest BCUT2D eigenvalue weighted by Crippen LogP contribution is 2.36. The molecule has 21 heavy (non-hydrogen) atoms. The molecule has 0 atom stereocenters. The Bertz CT molecular complexity index is 418. The number of benzene rings is 1. The van der Waals surface area contributed by atoms with Crippen molar-refractivity contribution in [3.05, 3.63) is 29.8 Å². The Morgan fingerprint density at radius 2 is 1.90 bits per heavy atom. The third kappa shape index (κ3) is 7.74. The van der Waals surface area contributed by atoms with Crippen LogP contribution in [0.5, 0.6) is 0 Å². The fraction of sp³-hybridized carbons (Fsp3) is 0.600. The van der Waals surface area contributed by atoms with E-state index in [1.54, 1.807) is 12.1 Å². The minimum atomic E-state index is -4.22. The quantitative estimate of drug-likeness (QED) is 0.544. The predicted molar refractivity (Wildman–Crippen MR) is 78.2 cm³/mol. The molecule has 2 nitrogen and oxygen atoms in total. The van der Waals surface area contributed by atoms with Crippen LogP contribution in [-0.2, 0) is 11.3 Å². The Labute approximate surface area is 127 Å². The van der Waals surface area contributed by atoms with Crippen LogP contribution in [0.25, 0.3) is 0 Å². The standard InChI is InChI=1S/C15H20F3NOS/c16-15(17,18)21-14-6-4-12(5-7-14)10-19-8-1-9-20-11-13-2-3-13/h4-7,13,19H,1-3,8-11H2. The number of ether oxygens (including phenoxy) is 1. The summed E-state index contributed by atoms with van der Waals surface area (Å²) in [6, 6.07) is 6.47. The third-order valence-electron chi connectivity index (χ3n) is 3.18. The van der Waals surface area contributed by atoms with Gasteiger partial charge in [-0.1, -0.05) is 12.1 Å². The van der Waals surface area contributed by atoms with Crippen molar-refractivity contribution in [2.45, 2.75) is 36.2 Å². The van der Waals surface area contributed by atoms with Crippen LogP contribution in [0.2, 0.25) is 0 Å². The lowest BCUT2D eigenvalue weighted by atomic mass is 10.2. The number of thioether (sulfide) groups is 1. The Kier molecular flexibility index (Phi) is 6.39. The zero-order valence-electron chi connectivity index (χ0n) is 11.8. The van der Waals surface area contributed by atoms with E-state index in [9.17, 15) is 13.2 Å². The molecule has 1 fully saturated rings. The average Bonchev–Trinajstić information content (AvgIpc) is 3.22. The van der Waals surface area contributed by atoms with Gasteiger partial charge in [-0.15, -0.1) is 0 Å². The molecule has 1 aliphatic rings. The highest BCUT2D eigenvalue weighted by atomic mass is 32.2. The van der Waals surface area contributed by atoms with Gasteiger partial charge in [0.15, 0.2) is 0 Å². The van der Waals surface area contributed by atoms with Crippen molar-refractivity contribution in [1.29, 1.82) is 0 Å². The van der Waals surface area contributed by atoms with Crippen LogP contribution in [0.15, 0.2) is 29.2 Å². The van der Waals surface area contributed by atoms with Gasteiger partial charge in [-0.25, -0.2) is 0 Å². The lowest BCUT2D eigenvalue weighted by Gasteiger charge is -2.08. The molecule has 0 aromatic heterocycles. The Balaban J connectivity index is 1.55. The molecule has 0 bridgehead atoms. The normalized spacial score (nSPS) is 15.4. The molecular formula is C15H20F3NOS. The lowest BCUT2D eigenvalue weighted by Crippen LogP contribution is -2.16. The molecular weight excluding hydrogens is 299 g/mol. The van der Waals surface area contributed by atoms with Crippen molar-refractivity contribution < 1.29 is 17.9 Å². The topological polar surface area (TPSA) is 21.3 Å². The molecule has 1 aliphatic carbocycles. The highest BCUT2D eigenvalue weighted by molar-refractivity contribution is 8.00. The first-order valence-electron chi connectivity index (χ1n) is 7.16. The molecule has 1 aromatic carbocycles. The minimum absolute atomic E-state index is 0.0827. The van der Waals surface area contributed by atoms with E-state index in [0.29, 0.717) is 6.54 Å². The van der Waals surface area contributed by atoms with Crippen molar-refractivity contribution >= 4 is 11.8 Å². The monoisotopic (exact) mass is 319 g/mol. The second kappa shape index (κ2) is 8.06. The largest absolute Gasteiger partial charge is 0.446 e. The molecule has 0 radical (unpaired) electrons. The number of alkyl halides is 3. The molecule has 118 valence electrons. The number of hydrogen-bond donors (Lipinski definition) is 1. The van der Waals surface area contributed by atoms with Crippen molar-refractivity contribution in [2.24, 2.45) is 5.92 Å². The molecule has 2 rings (SSSR count). The molecule has 0 heterocycles. The van der Waals surface area contributed by atoms with Crippen LogP contribution in [0, 0.1) is 5.92 Å². The van der Waals surface area contributed by atoms with E-state index in [1.807, 2.05) is 0 Å². The summed E-state index contributed by atoms with van der Waals surface area (Å²) in [5, 5.41) is 3.26. The van der Waals surface area contributed by atoms with Crippen molar-refractivity contribution in [3.63, 3.8) is 0 Å². The van der Waals surface area contributed by atoms with Crippen LogP contribution >= 0.6 is 11.8 Å². The Morgan fingerprint density at radius 1 is 1.19 bits per heavy atom. The predicted octanol–water partition coefficient (Wildman–Crippen LogP) is 4.20. The number of hydrogen-bond acceptors (Lipinski definition) is 3. The molecule has 0 amide bonds. The van der Waals surface area contributed by atoms with Crippen LogP contribution in [0.4, 0.5) is 13.2 Å². The molecule has 0 unspecified atom stereocenters. The summed E-state index contributed by atoms with van der Waals surface area (Å²) in [4.78, 5) is 0.222. The van der Waals surface area contributed by atoms with E-state index < -0.39 is 5.51 Å². The number of nitrogens with one attached hydrogen (secondary N) is 1. The maximum Gasteiger partial charge on any atom is 0.446 e. The second-order valence-corrected chi connectivity index (χ2v) is 6.38. The Morgan fingerprint density at radius 3 is 2.52 bits per heavy atom. The van der Waals surface area contributed by atoms with E-state index in [-0.39, 0.29) is 16.7 Å². The van der Waals surface area contributed by atoms with Gasteiger partial charge in [0, 0.05) is 24.7 Å². The molecule has 1 aromatic rings. The summed E-state index contributed by atoms with van der Waals surface area (Å²) in [6.45, 7) is 3.17. The van der Waals surface area contributed by atoms with Crippen molar-refractivity contribution in [1.82, 2.24) is 5.32 Å². The summed E-state index contributed by atoms with van der Waals surface area (Å²) >= 11 is -0.0827. The zero-order chi connectivity index (χ0) is 15.1. The maximum atomic E-state index is 12.2. The average molecular weight is 319 g/mol. The van der Waals surface area contributed by atoms with Crippen LogP contribution in [0.3, 0.4) is 0 Å². The Hall–Kier alpha value is -0.720. The molecule has 0 spiro atoms. The number of rotatable bonds is 9. The molecule has 1 saturated carbocycles. The number of halogens is 3. The maximum absolute atomic E-state index is 12.2. The first-order chi connectivity index (χ1) is 10.0. The van der Waals surface area contributed by atoms with Gasteiger partial charge >= 0.3 is 5.51 Å². The van der Waals surface area contributed by atoms with E-state index in [1.165, 1.54) is 25.0 Å². The van der Waals surface area contributed by atoms with Gasteiger partial charge < -0.3 is 10.1 Å². The molecule has 0 aliphatic heterocycles. The molecule has 6 heteroatoms. The summed E-state index contributed by atoms with van der Waals surface area (Å²) in [6.07, 6.45) is 3.57. The van der Waals surface area contributed by atoms with Gasteiger partial charge in [-0.3, -0.25) is 0 Å². The van der Waals surface area contributed by atoms with Gasteiger partial charge in [0.1, 0.15) is 0 Å². The minimum Gasteiger partial charge on any atom is -0.381 e. The van der Waals surface area contributed by atoms with Crippen molar-refractivity contribution in [2.75, 3.05) is 19.8 Å². The van der Waals surface area contributed by atoms with Gasteiger partial charge in [0.2, 0.25) is 0 Å². The zero-order valence-corrected chi connectivity index (χ0v) is 12.6. The van der Waals surface area contributed by atoms with E-state index in [0.717, 1.165) is 37.7 Å². The molecule has 0 saturated heterocycles. The fourth-order valence-corrected chi connectivity index (χ4v) is 2.41. The molecule has 1 N–H and O–H groups in total. The van der Waals surface area contributed by atoms with E-state index >= 15 is 0 Å². The van der Waals surface area contributed by atoms with Gasteiger partial charge in [0.25, 0.3) is 0 Å². The van der Waals surface area contributed by atoms with Crippen molar-refractivity contribution in [3.8, 4) is 0 Å². The SMILES string of the molecule is FC(F)(F)Sc1ccc(CNCCCOCC2CC2)cc1. The summed E-state index contributed by atoms with van der Waals surface area (Å²) < 4.78 is 42.1. The third-order valence-corrected chi connectivity index (χ3v) is 3.92. The van der Waals surface area contributed by atoms with Crippen LogP contribution in [-0.4, -0.2) is 25.3 Å². The van der Waals surface area contributed by atoms with Gasteiger partial charge in [-0.2, -0.15) is 13.2 Å². The first-order valence-corrected chi connectivity index (χ1v) is 7.98. The van der Waals surface area contributed by atoms with Gasteiger partial charge in [0.05, 0.1) is 0 Å². The van der Waals surface area contributed by atoms with Crippen LogP contribution in [0.1, 0.15) is 24.8 Å². The van der Waals surface area contributed by atoms with Gasteiger partial charge in [-0.05, 0) is 61.2 Å². The summed E-state index contributed by atoms with van der Waals surface area (Å²) in [5.74, 6) is 0.797. The first kappa shape index (κ1) is 16.6. The fourth-order valence-electron chi connectivity index (χ4n) is 1.88.